The lowest BCUT2D eigenvalue weighted by atomic mass is 10.0. The molecule has 160 valence electrons. The summed E-state index contributed by atoms with van der Waals surface area (Å²) in [5.41, 5.74) is 3.34. The van der Waals surface area contributed by atoms with Gasteiger partial charge in [0.05, 0.1) is 0 Å². The van der Waals surface area contributed by atoms with Crippen molar-refractivity contribution in [2.75, 3.05) is 10.6 Å². The lowest BCUT2D eigenvalue weighted by Crippen LogP contribution is -2.20. The molecule has 1 amide bonds. The highest BCUT2D eigenvalue weighted by atomic mass is 35.5. The number of hydrogen-bond acceptors (Lipinski definition) is 4. The number of aromatic nitrogens is 3. The van der Waals surface area contributed by atoms with Crippen LogP contribution in [0.2, 0.25) is 5.02 Å². The highest BCUT2D eigenvalue weighted by Crippen LogP contribution is 2.35. The van der Waals surface area contributed by atoms with Gasteiger partial charge in [0.1, 0.15) is 6.04 Å². The Kier molecular flexibility index (Phi) is 6.25. The number of allylic oxidation sites excluding steroid dienone is 1. The zero-order chi connectivity index (χ0) is 21.2. The molecule has 0 aliphatic carbocycles. The van der Waals surface area contributed by atoms with Crippen LogP contribution in [0.15, 0.2) is 91.0 Å². The number of carbonyl (C=O) groups is 1. The second-order valence-electron chi connectivity index (χ2n) is 7.06. The van der Waals surface area contributed by atoms with Gasteiger partial charge in [-0.2, -0.15) is 4.98 Å². The summed E-state index contributed by atoms with van der Waals surface area (Å²) in [4.78, 5) is 17.1. The Morgan fingerprint density at radius 3 is 2.31 bits per heavy atom. The van der Waals surface area contributed by atoms with Gasteiger partial charge in [-0.3, -0.25) is 10.1 Å². The number of nitrogens with zero attached hydrogens (tertiary/aromatic N) is 3. The lowest BCUT2D eigenvalue weighted by Gasteiger charge is -2.24. The molecular weight excluding hydrogens is 445 g/mol. The number of rotatable bonds is 4. The van der Waals surface area contributed by atoms with Crippen LogP contribution in [0.25, 0.3) is 5.70 Å². The van der Waals surface area contributed by atoms with Crippen molar-refractivity contribution in [3.05, 3.63) is 113 Å². The van der Waals surface area contributed by atoms with Gasteiger partial charge in [0.15, 0.2) is 0 Å². The fourth-order valence-corrected chi connectivity index (χ4v) is 3.78. The van der Waals surface area contributed by atoms with Crippen molar-refractivity contribution >= 4 is 47.5 Å². The zero-order valence-electron chi connectivity index (χ0n) is 16.8. The highest BCUT2D eigenvalue weighted by Gasteiger charge is 2.27. The normalized spacial score (nSPS) is 14.4. The quantitative estimate of drug-likeness (QED) is 0.409. The number of hydrogen-bond donors (Lipinski definition) is 2. The molecule has 5 rings (SSSR count). The molecule has 0 spiro atoms. The Hall–Kier alpha value is -3.61. The first-order valence-corrected chi connectivity index (χ1v) is 10.2. The van der Waals surface area contributed by atoms with Crippen molar-refractivity contribution < 1.29 is 4.79 Å². The minimum Gasteiger partial charge on any atom is -0.324 e. The average Bonchev–Trinajstić information content (AvgIpc) is 3.22. The predicted molar refractivity (Wildman–Crippen MR) is 129 cm³/mol. The molecule has 2 heterocycles. The third-order valence-electron chi connectivity index (χ3n) is 5.04. The van der Waals surface area contributed by atoms with Crippen LogP contribution in [-0.2, 0) is 0 Å². The van der Waals surface area contributed by atoms with E-state index in [1.807, 2.05) is 72.8 Å². The van der Waals surface area contributed by atoms with Crippen LogP contribution in [0.5, 0.6) is 0 Å². The van der Waals surface area contributed by atoms with E-state index in [0.717, 1.165) is 16.8 Å². The first-order valence-electron chi connectivity index (χ1n) is 9.81. The van der Waals surface area contributed by atoms with Gasteiger partial charge in [0, 0.05) is 16.3 Å². The Bertz CT molecular complexity index is 1270. The van der Waals surface area contributed by atoms with E-state index in [4.69, 9.17) is 11.6 Å². The summed E-state index contributed by atoms with van der Waals surface area (Å²) in [6.45, 7) is 0. The minimum absolute atomic E-state index is 0. The Morgan fingerprint density at radius 2 is 1.59 bits per heavy atom. The topological polar surface area (TPSA) is 71.8 Å². The first-order chi connectivity index (χ1) is 15.2. The van der Waals surface area contributed by atoms with Gasteiger partial charge >= 0.3 is 0 Å². The van der Waals surface area contributed by atoms with Crippen LogP contribution < -0.4 is 10.6 Å². The summed E-state index contributed by atoms with van der Waals surface area (Å²) in [5, 5.41) is 11.3. The second kappa shape index (κ2) is 9.26. The number of carbonyl (C=O) groups excluding carboxylic acids is 1. The van der Waals surface area contributed by atoms with Crippen LogP contribution in [-0.4, -0.2) is 20.7 Å². The van der Waals surface area contributed by atoms with Gasteiger partial charge in [0.25, 0.3) is 11.9 Å². The summed E-state index contributed by atoms with van der Waals surface area (Å²) in [7, 11) is 0. The van der Waals surface area contributed by atoms with E-state index >= 15 is 0 Å². The third kappa shape index (κ3) is 4.23. The van der Waals surface area contributed by atoms with Crippen molar-refractivity contribution in [2.24, 2.45) is 0 Å². The van der Waals surface area contributed by atoms with Crippen molar-refractivity contribution in [1.29, 1.82) is 0 Å². The molecule has 1 aliphatic rings. The Morgan fingerprint density at radius 1 is 0.938 bits per heavy atom. The molecule has 1 atom stereocenters. The molecule has 1 aromatic heterocycles. The number of amides is 1. The largest absolute Gasteiger partial charge is 0.324 e. The van der Waals surface area contributed by atoms with E-state index in [1.165, 1.54) is 0 Å². The maximum absolute atomic E-state index is 12.6. The van der Waals surface area contributed by atoms with E-state index < -0.39 is 0 Å². The van der Waals surface area contributed by atoms with Gasteiger partial charge in [-0.25, -0.2) is 4.68 Å². The third-order valence-corrected chi connectivity index (χ3v) is 5.38. The number of anilines is 2. The van der Waals surface area contributed by atoms with Gasteiger partial charge in [0.2, 0.25) is 5.95 Å². The molecule has 0 bridgehead atoms. The summed E-state index contributed by atoms with van der Waals surface area (Å²) < 4.78 is 1.73. The standard InChI is InChI=1S/C24H18ClN5O.ClH/c25-19-14-8-7-13-18(19)21-15-20(16-9-3-1-4-10-16)26-24-28-23(29-30(21)24)27-22(31)17-11-5-2-6-12-17;/h1-15,21H,(H2,26,27,28,29,31);1H. The van der Waals surface area contributed by atoms with Crippen LogP contribution in [0.3, 0.4) is 0 Å². The van der Waals surface area contributed by atoms with Gasteiger partial charge in [-0.05, 0) is 35.4 Å². The molecule has 1 aliphatic heterocycles. The summed E-state index contributed by atoms with van der Waals surface area (Å²) >= 11 is 6.51. The highest BCUT2D eigenvalue weighted by molar-refractivity contribution is 6.31. The number of fused-ring (bicyclic) bond motifs is 1. The smallest absolute Gasteiger partial charge is 0.258 e. The number of nitrogens with one attached hydrogen (secondary N) is 2. The van der Waals surface area contributed by atoms with Crippen LogP contribution in [0, 0.1) is 0 Å². The lowest BCUT2D eigenvalue weighted by molar-refractivity contribution is 0.102. The SMILES string of the molecule is Cl.O=C(Nc1nc2n(n1)C(c1ccccc1Cl)C=C(c1ccccc1)N2)c1ccccc1. The summed E-state index contributed by atoms with van der Waals surface area (Å²) in [6.07, 6.45) is 2.06. The Balaban J connectivity index is 0.00000245. The van der Waals surface area contributed by atoms with E-state index in [9.17, 15) is 4.79 Å². The summed E-state index contributed by atoms with van der Waals surface area (Å²) in [5.74, 6) is 0.472. The van der Waals surface area contributed by atoms with Gasteiger partial charge < -0.3 is 5.32 Å². The predicted octanol–water partition coefficient (Wildman–Crippen LogP) is 5.66. The molecule has 0 radical (unpaired) electrons. The van der Waals surface area contributed by atoms with Gasteiger partial charge in [-0.1, -0.05) is 78.3 Å². The monoisotopic (exact) mass is 463 g/mol. The van der Waals surface area contributed by atoms with Crippen molar-refractivity contribution in [3.8, 4) is 0 Å². The molecule has 0 fully saturated rings. The number of benzene rings is 3. The zero-order valence-corrected chi connectivity index (χ0v) is 18.3. The van der Waals surface area contributed by atoms with Crippen LogP contribution >= 0.6 is 24.0 Å². The Labute approximate surface area is 196 Å². The molecule has 1 unspecified atom stereocenters. The summed E-state index contributed by atoms with van der Waals surface area (Å²) in [6, 6.07) is 26.3. The molecule has 3 aromatic carbocycles. The van der Waals surface area contributed by atoms with E-state index in [1.54, 1.807) is 16.8 Å². The minimum atomic E-state index is -0.282. The van der Waals surface area contributed by atoms with Crippen LogP contribution in [0.1, 0.15) is 27.5 Å². The molecule has 0 saturated carbocycles. The molecule has 6 nitrogen and oxygen atoms in total. The van der Waals surface area contributed by atoms with Gasteiger partial charge in [-0.15, -0.1) is 17.5 Å². The van der Waals surface area contributed by atoms with Crippen LogP contribution in [0.4, 0.5) is 11.9 Å². The van der Waals surface area contributed by atoms with E-state index in [0.29, 0.717) is 16.5 Å². The van der Waals surface area contributed by atoms with E-state index in [-0.39, 0.29) is 30.3 Å². The molecular formula is C24H19Cl2N5O. The second-order valence-corrected chi connectivity index (χ2v) is 7.47. The van der Waals surface area contributed by atoms with E-state index in [2.05, 4.69) is 26.8 Å². The number of halogens is 2. The maximum Gasteiger partial charge on any atom is 0.258 e. The fraction of sp³-hybridized carbons (Fsp3) is 0.0417. The molecule has 0 saturated heterocycles. The maximum atomic E-state index is 12.6. The molecule has 2 N–H and O–H groups in total. The fourth-order valence-electron chi connectivity index (χ4n) is 3.53. The first kappa shape index (κ1) is 21.6. The molecule has 8 heteroatoms. The van der Waals surface area contributed by atoms with Crippen molar-refractivity contribution in [1.82, 2.24) is 14.8 Å². The molecule has 4 aromatic rings. The molecule has 32 heavy (non-hydrogen) atoms. The van der Waals surface area contributed by atoms with Crippen molar-refractivity contribution in [3.63, 3.8) is 0 Å². The van der Waals surface area contributed by atoms with Crippen molar-refractivity contribution in [2.45, 2.75) is 6.04 Å². The average molecular weight is 464 g/mol.